The Hall–Kier alpha value is -2.76. The SMILES string of the molecule is CCOC(=O)C1(NP(=O)(OC[C@H]2O[C@@H](n3ccc(=O)[nH]c3=O)C3(CC3)[C@@H]2O)Oc2ccccc2)CCC1. The fourth-order valence-corrected chi connectivity index (χ4v) is 6.70. The third-order valence-electron chi connectivity index (χ3n) is 7.27. The van der Waals surface area contributed by atoms with Gasteiger partial charge >= 0.3 is 19.4 Å². The molecule has 13 heteroatoms. The van der Waals surface area contributed by atoms with E-state index in [1.807, 2.05) is 0 Å². The Labute approximate surface area is 212 Å². The Balaban J connectivity index is 1.36. The van der Waals surface area contributed by atoms with Crippen LogP contribution in [0, 0.1) is 5.41 Å². The van der Waals surface area contributed by atoms with Crippen LogP contribution in [0.5, 0.6) is 5.75 Å². The summed E-state index contributed by atoms with van der Waals surface area (Å²) in [7, 11) is -4.17. The summed E-state index contributed by atoms with van der Waals surface area (Å²) in [5.41, 5.74) is -3.13. The molecule has 3 aliphatic rings. The lowest BCUT2D eigenvalue weighted by Crippen LogP contribution is -2.57. The molecule has 2 aromatic rings. The van der Waals surface area contributed by atoms with Crippen LogP contribution in [0.1, 0.15) is 45.3 Å². The highest BCUT2D eigenvalue weighted by Crippen LogP contribution is 2.62. The molecule has 3 fully saturated rings. The zero-order valence-electron chi connectivity index (χ0n) is 20.3. The number of nitrogens with zero attached hydrogens (tertiary/aromatic N) is 1. The lowest BCUT2D eigenvalue weighted by atomic mass is 9.78. The van der Waals surface area contributed by atoms with E-state index in [-0.39, 0.29) is 19.0 Å². The minimum Gasteiger partial charge on any atom is -0.465 e. The largest absolute Gasteiger partial charge is 0.465 e. The minimum absolute atomic E-state index is 0.169. The predicted molar refractivity (Wildman–Crippen MR) is 130 cm³/mol. The predicted octanol–water partition coefficient (Wildman–Crippen LogP) is 1.85. The van der Waals surface area contributed by atoms with Gasteiger partial charge in [-0.15, -0.1) is 0 Å². The number of aliphatic hydroxyl groups excluding tert-OH is 1. The minimum atomic E-state index is -4.17. The van der Waals surface area contributed by atoms with Gasteiger partial charge in [-0.05, 0) is 51.2 Å². The summed E-state index contributed by atoms with van der Waals surface area (Å²) >= 11 is 0. The maximum atomic E-state index is 14.0. The van der Waals surface area contributed by atoms with E-state index in [4.69, 9.17) is 18.5 Å². The fourth-order valence-electron chi connectivity index (χ4n) is 4.96. The molecule has 2 saturated carbocycles. The highest BCUT2D eigenvalue weighted by atomic mass is 31.2. The number of carbonyl (C=O) groups is 1. The van der Waals surface area contributed by atoms with Gasteiger partial charge in [-0.2, -0.15) is 5.09 Å². The number of rotatable bonds is 10. The van der Waals surface area contributed by atoms with Crippen LogP contribution in [0.4, 0.5) is 0 Å². The van der Waals surface area contributed by atoms with Crippen LogP contribution in [0.25, 0.3) is 0 Å². The first kappa shape index (κ1) is 25.9. The number of carbonyl (C=O) groups excluding carboxylic acids is 1. The molecule has 1 aromatic carbocycles. The zero-order chi connectivity index (χ0) is 26.3. The van der Waals surface area contributed by atoms with Crippen molar-refractivity contribution in [2.75, 3.05) is 13.2 Å². The van der Waals surface area contributed by atoms with E-state index < -0.39 is 54.4 Å². The molecule has 0 amide bonds. The van der Waals surface area contributed by atoms with E-state index in [9.17, 15) is 24.1 Å². The van der Waals surface area contributed by atoms with Crippen molar-refractivity contribution in [1.82, 2.24) is 14.6 Å². The molecule has 2 heterocycles. The molecule has 1 unspecified atom stereocenters. The maximum absolute atomic E-state index is 14.0. The molecule has 0 radical (unpaired) electrons. The molecule has 1 aliphatic heterocycles. The van der Waals surface area contributed by atoms with Crippen molar-refractivity contribution in [1.29, 1.82) is 0 Å². The second kappa shape index (κ2) is 9.85. The quantitative estimate of drug-likeness (QED) is 0.303. The van der Waals surface area contributed by atoms with Gasteiger partial charge in [0, 0.05) is 17.7 Å². The van der Waals surface area contributed by atoms with Crippen LogP contribution >= 0.6 is 7.75 Å². The molecule has 5 rings (SSSR count). The number of H-pyrrole nitrogens is 1. The first-order valence-corrected chi connectivity index (χ1v) is 13.9. The number of aromatic amines is 1. The van der Waals surface area contributed by atoms with Crippen LogP contribution in [0.15, 0.2) is 52.2 Å². The first-order valence-electron chi connectivity index (χ1n) is 12.3. The van der Waals surface area contributed by atoms with Gasteiger partial charge in [0.1, 0.15) is 23.6 Å². The molecular weight excluding hydrogens is 505 g/mol. The maximum Gasteiger partial charge on any atom is 0.459 e. The van der Waals surface area contributed by atoms with Crippen LogP contribution in [-0.2, 0) is 23.4 Å². The summed E-state index contributed by atoms with van der Waals surface area (Å²) in [5, 5.41) is 13.9. The van der Waals surface area contributed by atoms with Gasteiger partial charge in [-0.3, -0.25) is 23.7 Å². The van der Waals surface area contributed by atoms with Crippen molar-refractivity contribution >= 4 is 13.7 Å². The van der Waals surface area contributed by atoms with Crippen molar-refractivity contribution in [3.05, 3.63) is 63.4 Å². The smallest absolute Gasteiger partial charge is 0.459 e. The summed E-state index contributed by atoms with van der Waals surface area (Å²) in [6, 6.07) is 9.60. The number of para-hydroxylation sites is 1. The van der Waals surface area contributed by atoms with Crippen LogP contribution in [0.3, 0.4) is 0 Å². The number of nitrogens with one attached hydrogen (secondary N) is 2. The molecule has 1 saturated heterocycles. The van der Waals surface area contributed by atoms with Crippen molar-refractivity contribution < 1.29 is 33.0 Å². The summed E-state index contributed by atoms with van der Waals surface area (Å²) in [5.74, 6) is -0.269. The molecule has 0 bridgehead atoms. The number of esters is 1. The van der Waals surface area contributed by atoms with Gasteiger partial charge in [0.25, 0.3) is 5.56 Å². The van der Waals surface area contributed by atoms with Gasteiger partial charge in [0.2, 0.25) is 0 Å². The number of hydrogen-bond acceptors (Lipinski definition) is 9. The van der Waals surface area contributed by atoms with Crippen LogP contribution in [-0.4, -0.2) is 51.6 Å². The molecule has 3 N–H and O–H groups in total. The molecule has 1 aromatic heterocycles. The topological polar surface area (TPSA) is 158 Å². The van der Waals surface area contributed by atoms with E-state index in [1.165, 1.54) is 16.8 Å². The number of ether oxygens (including phenoxy) is 2. The number of benzene rings is 1. The van der Waals surface area contributed by atoms with Gasteiger partial charge in [-0.25, -0.2) is 9.36 Å². The molecule has 1 spiro atoms. The lowest BCUT2D eigenvalue weighted by Gasteiger charge is -2.41. The normalized spacial score (nSPS) is 26.7. The van der Waals surface area contributed by atoms with Crippen molar-refractivity contribution in [3.63, 3.8) is 0 Å². The second-order valence-electron chi connectivity index (χ2n) is 9.69. The average Bonchev–Trinajstić information content (AvgIpc) is 3.59. The van der Waals surface area contributed by atoms with Crippen molar-refractivity contribution in [2.24, 2.45) is 5.41 Å². The second-order valence-corrected chi connectivity index (χ2v) is 11.3. The van der Waals surface area contributed by atoms with Gasteiger partial charge < -0.3 is 19.1 Å². The van der Waals surface area contributed by atoms with Gasteiger partial charge in [0.05, 0.1) is 19.3 Å². The Morgan fingerprint density at radius 3 is 2.54 bits per heavy atom. The zero-order valence-corrected chi connectivity index (χ0v) is 21.2. The van der Waals surface area contributed by atoms with Crippen LogP contribution < -0.4 is 20.9 Å². The average molecular weight is 535 g/mol. The monoisotopic (exact) mass is 535 g/mol. The molecule has 37 heavy (non-hydrogen) atoms. The number of hydrogen-bond donors (Lipinski definition) is 3. The summed E-state index contributed by atoms with van der Waals surface area (Å²) in [4.78, 5) is 38.8. The van der Waals surface area contributed by atoms with Crippen molar-refractivity contribution in [2.45, 2.75) is 63.0 Å². The third kappa shape index (κ3) is 4.92. The summed E-state index contributed by atoms with van der Waals surface area (Å²) in [6.07, 6.45) is 1.27. The van der Waals surface area contributed by atoms with E-state index in [2.05, 4.69) is 10.1 Å². The molecule has 4 atom stereocenters. The molecule has 200 valence electrons. The standard InChI is InChI=1S/C24H30N3O9P/c1-2-33-21(30)24(10-6-11-24)26-37(32,36-16-7-4-3-5-8-16)34-15-17-19(29)23(12-13-23)20(35-17)27-14-9-18(28)25-22(27)31/h3-5,7-9,14,17,19-20,29H,2,6,10-13,15H2,1H3,(H,26,32)(H,25,28,31)/t17-,19-,20-,37?/m1/s1. The number of aromatic nitrogens is 2. The number of aliphatic hydroxyl groups is 1. The van der Waals surface area contributed by atoms with Gasteiger partial charge in [-0.1, -0.05) is 18.2 Å². The Bertz CT molecular complexity index is 1300. The Morgan fingerprint density at radius 1 is 1.22 bits per heavy atom. The van der Waals surface area contributed by atoms with Crippen LogP contribution in [0.2, 0.25) is 0 Å². The summed E-state index contributed by atoms with van der Waals surface area (Å²) < 4.78 is 38.0. The Kier molecular flexibility index (Phi) is 6.88. The van der Waals surface area contributed by atoms with E-state index >= 15 is 0 Å². The van der Waals surface area contributed by atoms with E-state index in [0.717, 1.165) is 6.42 Å². The lowest BCUT2D eigenvalue weighted by molar-refractivity contribution is -0.154. The van der Waals surface area contributed by atoms with Gasteiger partial charge in [0.15, 0.2) is 0 Å². The first-order chi connectivity index (χ1) is 17.7. The highest BCUT2D eigenvalue weighted by Gasteiger charge is 2.64. The summed E-state index contributed by atoms with van der Waals surface area (Å²) in [6.45, 7) is 1.52. The van der Waals surface area contributed by atoms with E-state index in [1.54, 1.807) is 37.3 Å². The highest BCUT2D eigenvalue weighted by molar-refractivity contribution is 7.52. The Morgan fingerprint density at radius 2 is 1.95 bits per heavy atom. The van der Waals surface area contributed by atoms with Crippen molar-refractivity contribution in [3.8, 4) is 5.75 Å². The fraction of sp³-hybridized carbons (Fsp3) is 0.542. The molecule has 2 aliphatic carbocycles. The van der Waals surface area contributed by atoms with E-state index in [0.29, 0.717) is 25.7 Å². The third-order valence-corrected chi connectivity index (χ3v) is 8.91. The molecular formula is C24H30N3O9P. The molecule has 12 nitrogen and oxygen atoms in total.